The quantitative estimate of drug-likeness (QED) is 0.701. The first-order valence-corrected chi connectivity index (χ1v) is 8.27. The van der Waals surface area contributed by atoms with E-state index in [1.54, 1.807) is 41.3 Å². The van der Waals surface area contributed by atoms with Gasteiger partial charge >= 0.3 is 6.03 Å². The van der Waals surface area contributed by atoms with Gasteiger partial charge in [-0.2, -0.15) is 0 Å². The van der Waals surface area contributed by atoms with Crippen molar-refractivity contribution in [3.63, 3.8) is 0 Å². The van der Waals surface area contributed by atoms with E-state index in [-0.39, 0.29) is 12.8 Å². The number of rotatable bonds is 3. The smallest absolute Gasteiger partial charge is 0.321 e. The van der Waals surface area contributed by atoms with Gasteiger partial charge in [0, 0.05) is 29.9 Å². The van der Waals surface area contributed by atoms with Crippen LogP contribution in [0.1, 0.15) is 20.7 Å². The molecule has 0 atom stereocenters. The molecule has 4 rings (SSSR count). The van der Waals surface area contributed by atoms with Gasteiger partial charge in [0.2, 0.25) is 6.79 Å². The summed E-state index contributed by atoms with van der Waals surface area (Å²) in [6.07, 6.45) is 0. The third-order valence-electron chi connectivity index (χ3n) is 4.20. The maximum atomic E-state index is 12.3. The second-order valence-electron chi connectivity index (χ2n) is 5.91. The summed E-state index contributed by atoms with van der Waals surface area (Å²) in [5.74, 6) is 0.0613. The average molecular weight is 368 g/mol. The van der Waals surface area contributed by atoms with Gasteiger partial charge in [-0.1, -0.05) is 6.07 Å². The lowest BCUT2D eigenvalue weighted by Gasteiger charge is -2.15. The second kappa shape index (κ2) is 6.87. The fourth-order valence-electron chi connectivity index (χ4n) is 2.83. The Bertz CT molecular complexity index is 930. The minimum atomic E-state index is -0.495. The predicted octanol–water partition coefficient (Wildman–Crippen LogP) is 1.02. The molecule has 138 valence electrons. The highest BCUT2D eigenvalue weighted by Crippen LogP contribution is 2.32. The summed E-state index contributed by atoms with van der Waals surface area (Å²) < 4.78 is 10.4. The van der Waals surface area contributed by atoms with Crippen molar-refractivity contribution in [1.29, 1.82) is 0 Å². The number of carbonyl (C=O) groups excluding carboxylic acids is 3. The van der Waals surface area contributed by atoms with Gasteiger partial charge in [-0.05, 0) is 36.4 Å². The minimum Gasteiger partial charge on any atom is -0.454 e. The Balaban J connectivity index is 1.40. The Morgan fingerprint density at radius 3 is 2.44 bits per heavy atom. The van der Waals surface area contributed by atoms with E-state index in [9.17, 15) is 14.4 Å². The van der Waals surface area contributed by atoms with Crippen molar-refractivity contribution in [2.45, 2.75) is 0 Å². The van der Waals surface area contributed by atoms with Crippen molar-refractivity contribution < 1.29 is 23.9 Å². The molecule has 1 saturated heterocycles. The molecule has 2 aromatic rings. The molecule has 0 bridgehead atoms. The standard InChI is InChI=1S/C18H16N4O5/c23-16(11-2-1-3-13(8-11)22-7-6-19-18(22)25)20-21-17(24)12-4-5-14-15(9-12)27-10-26-14/h1-5,8-9H,6-7,10H2,(H,19,25)(H,20,23)(H,21,24). The normalized spacial score (nSPS) is 14.7. The van der Waals surface area contributed by atoms with Crippen molar-refractivity contribution in [2.24, 2.45) is 0 Å². The number of hydrogen-bond acceptors (Lipinski definition) is 5. The molecule has 4 amide bonds. The molecule has 0 aromatic heterocycles. The average Bonchev–Trinajstić information content (AvgIpc) is 3.33. The monoisotopic (exact) mass is 368 g/mol. The highest BCUT2D eigenvalue weighted by molar-refractivity contribution is 6.01. The Morgan fingerprint density at radius 2 is 1.70 bits per heavy atom. The third kappa shape index (κ3) is 3.34. The number of urea groups is 1. The predicted molar refractivity (Wildman–Crippen MR) is 94.7 cm³/mol. The SMILES string of the molecule is O=C(NNC(=O)c1ccc2c(c1)OCO2)c1cccc(N2CCNC2=O)c1. The summed E-state index contributed by atoms with van der Waals surface area (Å²) in [5, 5.41) is 2.70. The number of ether oxygens (including phenoxy) is 2. The number of fused-ring (bicyclic) bond motifs is 1. The lowest BCUT2D eigenvalue weighted by Crippen LogP contribution is -2.41. The molecule has 1 fully saturated rings. The van der Waals surface area contributed by atoms with Crippen LogP contribution in [-0.4, -0.2) is 37.7 Å². The van der Waals surface area contributed by atoms with Crippen molar-refractivity contribution in [2.75, 3.05) is 24.8 Å². The molecular formula is C18H16N4O5. The zero-order chi connectivity index (χ0) is 18.8. The molecule has 9 heteroatoms. The maximum absolute atomic E-state index is 12.3. The first-order valence-electron chi connectivity index (χ1n) is 8.27. The van der Waals surface area contributed by atoms with Crippen molar-refractivity contribution in [3.05, 3.63) is 53.6 Å². The number of nitrogens with one attached hydrogen (secondary N) is 3. The van der Waals surface area contributed by atoms with E-state index in [0.29, 0.717) is 41.4 Å². The Hall–Kier alpha value is -3.75. The largest absolute Gasteiger partial charge is 0.454 e. The van der Waals surface area contributed by atoms with Crippen molar-refractivity contribution in [1.82, 2.24) is 16.2 Å². The molecule has 2 aliphatic rings. The lowest BCUT2D eigenvalue weighted by molar-refractivity contribution is 0.0846. The Labute approximate surface area is 154 Å². The van der Waals surface area contributed by atoms with Crippen molar-refractivity contribution >= 4 is 23.5 Å². The van der Waals surface area contributed by atoms with Crippen LogP contribution in [0, 0.1) is 0 Å². The lowest BCUT2D eigenvalue weighted by atomic mass is 10.2. The van der Waals surface area contributed by atoms with Crippen molar-refractivity contribution in [3.8, 4) is 11.5 Å². The Kier molecular flexibility index (Phi) is 4.25. The fraction of sp³-hybridized carbons (Fsp3) is 0.167. The first kappa shape index (κ1) is 16.7. The number of anilines is 1. The van der Waals surface area contributed by atoms with Crippen LogP contribution in [0.2, 0.25) is 0 Å². The van der Waals surface area contributed by atoms with E-state index in [1.807, 2.05) is 0 Å². The van der Waals surface area contributed by atoms with Gasteiger partial charge in [-0.3, -0.25) is 25.3 Å². The molecule has 0 aliphatic carbocycles. The van der Waals surface area contributed by atoms with Crippen LogP contribution in [0.25, 0.3) is 0 Å². The maximum Gasteiger partial charge on any atom is 0.321 e. The number of nitrogens with zero attached hydrogens (tertiary/aromatic N) is 1. The number of carbonyl (C=O) groups is 3. The fourth-order valence-corrected chi connectivity index (χ4v) is 2.83. The molecule has 2 aliphatic heterocycles. The third-order valence-corrected chi connectivity index (χ3v) is 4.20. The molecular weight excluding hydrogens is 352 g/mol. The van der Waals surface area contributed by atoms with E-state index < -0.39 is 11.8 Å². The van der Waals surface area contributed by atoms with E-state index >= 15 is 0 Å². The highest BCUT2D eigenvalue weighted by atomic mass is 16.7. The van der Waals surface area contributed by atoms with Crippen LogP contribution in [0.3, 0.4) is 0 Å². The van der Waals surface area contributed by atoms with Crippen LogP contribution in [0.15, 0.2) is 42.5 Å². The molecule has 2 heterocycles. The van der Waals surface area contributed by atoms with Crippen LogP contribution < -0.4 is 30.5 Å². The van der Waals surface area contributed by atoms with Gasteiger partial charge in [0.25, 0.3) is 11.8 Å². The zero-order valence-corrected chi connectivity index (χ0v) is 14.2. The zero-order valence-electron chi connectivity index (χ0n) is 14.2. The summed E-state index contributed by atoms with van der Waals surface area (Å²) in [4.78, 5) is 37.8. The molecule has 0 unspecified atom stereocenters. The number of hydrogen-bond donors (Lipinski definition) is 3. The molecule has 9 nitrogen and oxygen atoms in total. The van der Waals surface area contributed by atoms with Crippen LogP contribution in [-0.2, 0) is 0 Å². The number of hydrazine groups is 1. The molecule has 27 heavy (non-hydrogen) atoms. The molecule has 0 radical (unpaired) electrons. The number of benzene rings is 2. The van der Waals surface area contributed by atoms with E-state index in [1.165, 1.54) is 6.07 Å². The van der Waals surface area contributed by atoms with Crippen LogP contribution in [0.5, 0.6) is 11.5 Å². The highest BCUT2D eigenvalue weighted by Gasteiger charge is 2.22. The summed E-state index contributed by atoms with van der Waals surface area (Å²) >= 11 is 0. The van der Waals surface area contributed by atoms with E-state index in [0.717, 1.165) is 0 Å². The summed E-state index contributed by atoms with van der Waals surface area (Å²) in [6, 6.07) is 11.1. The second-order valence-corrected chi connectivity index (χ2v) is 5.91. The van der Waals surface area contributed by atoms with Crippen LogP contribution in [0.4, 0.5) is 10.5 Å². The van der Waals surface area contributed by atoms with Gasteiger partial charge in [-0.25, -0.2) is 4.79 Å². The summed E-state index contributed by atoms with van der Waals surface area (Å²) in [6.45, 7) is 1.20. The van der Waals surface area contributed by atoms with Gasteiger partial charge in [0.05, 0.1) is 0 Å². The topological polar surface area (TPSA) is 109 Å². The number of amides is 4. The Morgan fingerprint density at radius 1 is 0.963 bits per heavy atom. The molecule has 0 saturated carbocycles. The van der Waals surface area contributed by atoms with Gasteiger partial charge in [0.1, 0.15) is 0 Å². The first-order chi connectivity index (χ1) is 13.1. The van der Waals surface area contributed by atoms with E-state index in [4.69, 9.17) is 9.47 Å². The summed E-state index contributed by atoms with van der Waals surface area (Å²) in [7, 11) is 0. The molecule has 2 aromatic carbocycles. The van der Waals surface area contributed by atoms with Crippen LogP contribution >= 0.6 is 0 Å². The minimum absolute atomic E-state index is 0.114. The van der Waals surface area contributed by atoms with Gasteiger partial charge in [-0.15, -0.1) is 0 Å². The molecule has 3 N–H and O–H groups in total. The van der Waals surface area contributed by atoms with Gasteiger partial charge in [0.15, 0.2) is 11.5 Å². The molecule has 0 spiro atoms. The summed E-state index contributed by atoms with van der Waals surface area (Å²) in [5.41, 5.74) is 5.97. The van der Waals surface area contributed by atoms with Gasteiger partial charge < -0.3 is 14.8 Å². The van der Waals surface area contributed by atoms with E-state index in [2.05, 4.69) is 16.2 Å².